The number of hydrogen-bond donors (Lipinski definition) is 2. The van der Waals surface area contributed by atoms with Crippen LogP contribution in [0.25, 0.3) is 5.52 Å². The Morgan fingerprint density at radius 1 is 1.00 bits per heavy atom. The SMILES string of the molecule is CCC(C)(C)COC(=O)[C@H](C)NP(=O)(OC[C@H]1O[C@@](C#N)(c2ccc3c(N)ncnn23)[C@H](OC(=O)C(C)C)[C@@H]1OC(=O)C(C)C)Oc1ccc(C(C)(C)C)cc1. The molecule has 0 bridgehead atoms. The fraction of sp³-hybridized carbons (Fsp3) is 0.590. The van der Waals surface area contributed by atoms with Crippen molar-refractivity contribution < 1.29 is 46.9 Å². The summed E-state index contributed by atoms with van der Waals surface area (Å²) in [6.07, 6.45) is -2.53. The van der Waals surface area contributed by atoms with E-state index in [4.69, 9.17) is 33.7 Å². The van der Waals surface area contributed by atoms with Crippen LogP contribution < -0.4 is 15.3 Å². The van der Waals surface area contributed by atoms with Gasteiger partial charge in [0, 0.05) is 0 Å². The number of esters is 3. The predicted octanol–water partition coefficient (Wildman–Crippen LogP) is 6.02. The summed E-state index contributed by atoms with van der Waals surface area (Å²) < 4.78 is 51.9. The van der Waals surface area contributed by atoms with Crippen LogP contribution in [0.4, 0.5) is 5.82 Å². The molecule has 6 atom stereocenters. The highest BCUT2D eigenvalue weighted by molar-refractivity contribution is 7.52. The van der Waals surface area contributed by atoms with E-state index in [1.165, 1.54) is 23.8 Å². The summed E-state index contributed by atoms with van der Waals surface area (Å²) in [4.78, 5) is 43.7. The number of nitrogens with zero attached hydrogens (tertiary/aromatic N) is 4. The van der Waals surface area contributed by atoms with E-state index < -0.39 is 74.1 Å². The zero-order chi connectivity index (χ0) is 41.8. The molecule has 0 spiro atoms. The average molecular weight is 799 g/mol. The first-order valence-electron chi connectivity index (χ1n) is 18.6. The Bertz CT molecular complexity index is 1970. The van der Waals surface area contributed by atoms with Gasteiger partial charge in [-0.3, -0.25) is 18.9 Å². The second kappa shape index (κ2) is 17.3. The second-order valence-corrected chi connectivity index (χ2v) is 18.1. The molecule has 1 unspecified atom stereocenters. The summed E-state index contributed by atoms with van der Waals surface area (Å²) in [5.41, 5.74) is 4.85. The molecule has 0 saturated carbocycles. The normalized spacial score (nSPS) is 21.7. The van der Waals surface area contributed by atoms with Crippen molar-refractivity contribution in [2.75, 3.05) is 18.9 Å². The number of carbonyl (C=O) groups is 3. The van der Waals surface area contributed by atoms with E-state index in [1.807, 2.05) is 53.7 Å². The molecule has 1 aromatic carbocycles. The molecule has 1 aliphatic rings. The molecule has 0 radical (unpaired) electrons. The number of benzene rings is 1. The van der Waals surface area contributed by atoms with Crippen LogP contribution >= 0.6 is 7.75 Å². The lowest BCUT2D eigenvalue weighted by atomic mass is 9.87. The van der Waals surface area contributed by atoms with Gasteiger partial charge in [-0.2, -0.15) is 15.4 Å². The van der Waals surface area contributed by atoms with Gasteiger partial charge in [0.05, 0.1) is 30.7 Å². The highest BCUT2D eigenvalue weighted by atomic mass is 31.2. The molecule has 306 valence electrons. The van der Waals surface area contributed by atoms with E-state index in [2.05, 4.69) is 21.2 Å². The molecule has 0 aliphatic carbocycles. The molecule has 1 saturated heterocycles. The number of nitrogens with one attached hydrogen (secondary N) is 1. The molecule has 4 rings (SSSR count). The van der Waals surface area contributed by atoms with Crippen LogP contribution in [0.2, 0.25) is 0 Å². The fourth-order valence-corrected chi connectivity index (χ4v) is 7.04. The topological polar surface area (TPSA) is 216 Å². The maximum absolute atomic E-state index is 14.7. The summed E-state index contributed by atoms with van der Waals surface area (Å²) >= 11 is 0. The molecule has 1 fully saturated rings. The van der Waals surface area contributed by atoms with E-state index >= 15 is 0 Å². The van der Waals surface area contributed by atoms with Gasteiger partial charge < -0.3 is 29.2 Å². The number of nitrogens with two attached hydrogens (primary N) is 1. The Morgan fingerprint density at radius 2 is 1.62 bits per heavy atom. The van der Waals surface area contributed by atoms with Gasteiger partial charge in [-0.15, -0.1) is 0 Å². The van der Waals surface area contributed by atoms with Gasteiger partial charge in [0.1, 0.15) is 35.8 Å². The van der Waals surface area contributed by atoms with Crippen molar-refractivity contribution in [3.63, 3.8) is 0 Å². The number of anilines is 1. The standard InChI is InChI=1S/C39H55N6O10P/c1-12-38(10,11)21-50-36(48)25(6)44-56(49,55-27-15-13-26(14-16-27)37(7,8)9)51-19-29-31(52-34(46)23(2)3)32(53-35(47)24(4)5)39(20-40,54-29)30-18-17-28-33(41)42-22-43-45(28)30/h13-18,22-25,29,31-32H,12,19,21H2,1-11H3,(H,44,49)(H2,41,42,43)/t25-,29+,31+,32+,39-,56?/m0/s1. The fourth-order valence-electron chi connectivity index (χ4n) is 5.53. The summed E-state index contributed by atoms with van der Waals surface area (Å²) in [5.74, 6) is -3.16. The van der Waals surface area contributed by atoms with Crippen LogP contribution in [-0.2, 0) is 53.4 Å². The molecule has 3 N–H and O–H groups in total. The smallest absolute Gasteiger partial charge is 0.459 e. The molecule has 0 amide bonds. The lowest BCUT2D eigenvalue weighted by Crippen LogP contribution is -2.47. The number of nitrogen functional groups attached to an aromatic ring is 1. The maximum atomic E-state index is 14.7. The van der Waals surface area contributed by atoms with Crippen molar-refractivity contribution in [1.82, 2.24) is 19.7 Å². The van der Waals surface area contributed by atoms with Crippen LogP contribution in [0.15, 0.2) is 42.7 Å². The van der Waals surface area contributed by atoms with Crippen LogP contribution in [0.1, 0.15) is 93.8 Å². The van der Waals surface area contributed by atoms with Crippen LogP contribution in [-0.4, -0.2) is 70.1 Å². The lowest BCUT2D eigenvalue weighted by molar-refractivity contribution is -0.173. The Labute approximate surface area is 328 Å². The molecule has 56 heavy (non-hydrogen) atoms. The molecule has 16 nitrogen and oxygen atoms in total. The van der Waals surface area contributed by atoms with E-state index in [0.29, 0.717) is 5.52 Å². The van der Waals surface area contributed by atoms with Gasteiger partial charge in [-0.05, 0) is 54.0 Å². The highest BCUT2D eigenvalue weighted by Crippen LogP contribution is 2.49. The Balaban J connectivity index is 1.78. The van der Waals surface area contributed by atoms with E-state index in [-0.39, 0.29) is 34.7 Å². The lowest BCUT2D eigenvalue weighted by Gasteiger charge is -2.29. The molecule has 17 heteroatoms. The van der Waals surface area contributed by atoms with Gasteiger partial charge in [-0.25, -0.2) is 14.1 Å². The van der Waals surface area contributed by atoms with Crippen molar-refractivity contribution in [3.8, 4) is 11.8 Å². The summed E-state index contributed by atoms with van der Waals surface area (Å²) in [7, 11) is -4.53. The molecule has 3 aromatic rings. The first-order valence-corrected chi connectivity index (χ1v) is 20.2. The number of carbonyl (C=O) groups excluding carboxylic acids is 3. The summed E-state index contributed by atoms with van der Waals surface area (Å²) in [5, 5.41) is 17.9. The third kappa shape index (κ3) is 10.1. The van der Waals surface area contributed by atoms with Crippen LogP contribution in [0, 0.1) is 28.6 Å². The predicted molar refractivity (Wildman–Crippen MR) is 206 cm³/mol. The summed E-state index contributed by atoms with van der Waals surface area (Å²) in [6.45, 7) is 19.3. The minimum atomic E-state index is -4.53. The Hall–Kier alpha value is -4.55. The monoisotopic (exact) mass is 798 g/mol. The summed E-state index contributed by atoms with van der Waals surface area (Å²) in [6, 6.07) is 10.9. The molecular formula is C39H55N6O10P. The minimum Gasteiger partial charge on any atom is -0.464 e. The highest BCUT2D eigenvalue weighted by Gasteiger charge is 2.63. The first kappa shape index (κ1) is 44.2. The largest absolute Gasteiger partial charge is 0.464 e. The van der Waals surface area contributed by atoms with Crippen molar-refractivity contribution in [1.29, 1.82) is 5.26 Å². The Morgan fingerprint density at radius 3 is 2.20 bits per heavy atom. The zero-order valence-corrected chi connectivity index (χ0v) is 34.9. The number of aromatic nitrogens is 3. The molecule has 3 heterocycles. The number of ether oxygens (including phenoxy) is 4. The number of rotatable bonds is 16. The zero-order valence-electron chi connectivity index (χ0n) is 34.0. The van der Waals surface area contributed by atoms with Gasteiger partial charge in [0.15, 0.2) is 18.0 Å². The van der Waals surface area contributed by atoms with E-state index in [1.54, 1.807) is 45.9 Å². The average Bonchev–Trinajstić information content (AvgIpc) is 3.70. The maximum Gasteiger partial charge on any atom is 0.459 e. The number of nitriles is 1. The quantitative estimate of drug-likeness (QED) is 0.0962. The van der Waals surface area contributed by atoms with Crippen molar-refractivity contribution >= 4 is 37.0 Å². The number of fused-ring (bicyclic) bond motifs is 1. The van der Waals surface area contributed by atoms with Crippen LogP contribution in [0.5, 0.6) is 5.75 Å². The van der Waals surface area contributed by atoms with E-state index in [9.17, 15) is 24.2 Å². The van der Waals surface area contributed by atoms with Gasteiger partial charge >= 0.3 is 25.7 Å². The van der Waals surface area contributed by atoms with E-state index in [0.717, 1.165) is 12.0 Å². The van der Waals surface area contributed by atoms with Crippen LogP contribution in [0.3, 0.4) is 0 Å². The third-order valence-electron chi connectivity index (χ3n) is 9.49. The Kier molecular flexibility index (Phi) is 13.6. The molecule has 1 aliphatic heterocycles. The third-order valence-corrected chi connectivity index (χ3v) is 11.1. The van der Waals surface area contributed by atoms with Crippen molar-refractivity contribution in [2.24, 2.45) is 17.3 Å². The number of hydrogen-bond acceptors (Lipinski definition) is 14. The van der Waals surface area contributed by atoms with Gasteiger partial charge in [-0.1, -0.05) is 81.4 Å². The molecule has 2 aromatic heterocycles. The van der Waals surface area contributed by atoms with Crippen molar-refractivity contribution in [2.45, 2.75) is 118 Å². The van der Waals surface area contributed by atoms with Gasteiger partial charge in [0.2, 0.25) is 5.60 Å². The molecular weight excluding hydrogens is 743 g/mol. The van der Waals surface area contributed by atoms with Crippen molar-refractivity contribution in [3.05, 3.63) is 54.0 Å². The minimum absolute atomic E-state index is 0.0848. The second-order valence-electron chi connectivity index (χ2n) is 16.4. The van der Waals surface area contributed by atoms with Gasteiger partial charge in [0.25, 0.3) is 0 Å². The first-order chi connectivity index (χ1) is 26.1.